The van der Waals surface area contributed by atoms with E-state index < -0.39 is 55.2 Å². The fraction of sp³-hybridized carbons (Fsp3) is 0.0541. The van der Waals surface area contributed by atoms with Crippen LogP contribution in [-0.2, 0) is 27.5 Å². The van der Waals surface area contributed by atoms with Gasteiger partial charge in [0.15, 0.2) is 5.69 Å². The minimum Gasteiger partial charge on any atom is -0.859 e. The number of nitrogens with zero attached hydrogens (tertiary/aromatic N) is 8. The van der Waals surface area contributed by atoms with Crippen LogP contribution in [0.3, 0.4) is 0 Å². The molecule has 0 unspecified atom stereocenters. The van der Waals surface area contributed by atoms with Crippen LogP contribution in [0.4, 0.5) is 28.4 Å². The average Bonchev–Trinajstić information content (AvgIpc) is 3.64. The van der Waals surface area contributed by atoms with Crippen LogP contribution in [0.25, 0.3) is 11.4 Å². The Labute approximate surface area is 338 Å². The standard InChI is InChI=1S/C20H17N5O4.C17H14N4O6S.Cr/c1-3-17(26)21-13-8-10-14(11-9-13)25-19(27)18(12(2)24-25)23-22-16-7-5-4-6-15(16)20(28)29;1-10-15(16(22)21(20-10)11-5-3-2-4-6-11)19-18-14-9-12(28(25,26)27)7-8-13(14)17(23)24;/h3-11,24H,1H2,2H3,(H,21,26)(H,28,29);2-9H,1H3,(H3,18,20,22,23,24,25,26,27);/q;;+3/p-5. The zero-order valence-corrected chi connectivity index (χ0v) is 32.1. The first-order valence-corrected chi connectivity index (χ1v) is 17.6. The second kappa shape index (κ2) is 18.6. The molecule has 0 amide bonds. The van der Waals surface area contributed by atoms with Gasteiger partial charge in [-0.25, -0.2) is 13.1 Å². The molecule has 0 aliphatic carbocycles. The quantitative estimate of drug-likeness (QED) is 0.0856. The molecule has 2 aromatic heterocycles. The van der Waals surface area contributed by atoms with Crippen LogP contribution < -0.4 is 31.5 Å². The molecule has 293 valence electrons. The number of H-pyrrole nitrogens is 1. The number of aromatic nitrogens is 4. The number of aromatic carboxylic acids is 2. The number of rotatable bonds is 11. The van der Waals surface area contributed by atoms with E-state index >= 15 is 0 Å². The predicted molar refractivity (Wildman–Crippen MR) is 196 cm³/mol. The summed E-state index contributed by atoms with van der Waals surface area (Å²) in [5.74, 6) is -3.50. The number of carbonyl (C=O) groups is 2. The van der Waals surface area contributed by atoms with Gasteiger partial charge in [0.25, 0.3) is 11.1 Å². The third kappa shape index (κ3) is 10.1. The van der Waals surface area contributed by atoms with E-state index in [2.05, 4.69) is 42.2 Å². The van der Waals surface area contributed by atoms with Crippen molar-refractivity contribution in [2.45, 2.75) is 18.7 Å². The average molecular weight is 841 g/mol. The van der Waals surface area contributed by atoms with Crippen LogP contribution in [0, 0.1) is 13.8 Å². The van der Waals surface area contributed by atoms with E-state index in [-0.39, 0.29) is 45.7 Å². The molecule has 1 N–H and O–H groups in total. The van der Waals surface area contributed by atoms with Crippen molar-refractivity contribution < 1.29 is 55.2 Å². The van der Waals surface area contributed by atoms with E-state index in [9.17, 15) is 47.5 Å². The van der Waals surface area contributed by atoms with Crippen molar-refractivity contribution in [3.05, 3.63) is 153 Å². The molecule has 19 nitrogen and oxygen atoms in total. The summed E-state index contributed by atoms with van der Waals surface area (Å²) in [6.45, 7) is 6.50. The van der Waals surface area contributed by atoms with Crippen molar-refractivity contribution in [3.63, 3.8) is 0 Å². The Bertz CT molecular complexity index is 2820. The predicted octanol–water partition coefficient (Wildman–Crippen LogP) is 2.61. The fourth-order valence-corrected chi connectivity index (χ4v) is 5.40. The largest absolute Gasteiger partial charge is 3.00 e. The van der Waals surface area contributed by atoms with Crippen molar-refractivity contribution in [3.8, 4) is 11.4 Å². The van der Waals surface area contributed by atoms with Crippen molar-refractivity contribution in [1.29, 1.82) is 0 Å². The number of para-hydroxylation sites is 1. The van der Waals surface area contributed by atoms with Gasteiger partial charge in [0, 0.05) is 16.8 Å². The van der Waals surface area contributed by atoms with Crippen LogP contribution in [0.2, 0.25) is 0 Å². The van der Waals surface area contributed by atoms with Gasteiger partial charge in [0.2, 0.25) is 0 Å². The zero-order valence-electron chi connectivity index (χ0n) is 30.0. The summed E-state index contributed by atoms with van der Waals surface area (Å²) >= 11 is 0. The number of carboxylic acids is 2. The van der Waals surface area contributed by atoms with Crippen molar-refractivity contribution in [2.75, 3.05) is 0 Å². The number of azo groups is 2. The second-order valence-electron chi connectivity index (χ2n) is 11.5. The first-order chi connectivity index (χ1) is 27.1. The van der Waals surface area contributed by atoms with Gasteiger partial charge < -0.3 is 39.2 Å². The molecular formula is C37H26CrN9O10S-2. The third-order valence-electron chi connectivity index (χ3n) is 7.67. The summed E-state index contributed by atoms with van der Waals surface area (Å²) in [6, 6.07) is 23.3. The maximum Gasteiger partial charge on any atom is 3.00 e. The number of hydrogen-bond donors (Lipinski definition) is 1. The Hall–Kier alpha value is -7.31. The van der Waals surface area contributed by atoms with Gasteiger partial charge in [-0.15, -0.1) is 26.2 Å². The molecule has 0 bridgehead atoms. The van der Waals surface area contributed by atoms with Crippen LogP contribution in [0.1, 0.15) is 32.1 Å². The number of aromatic amines is 1. The van der Waals surface area contributed by atoms with Crippen molar-refractivity contribution in [1.82, 2.24) is 19.6 Å². The molecule has 21 heteroatoms. The van der Waals surface area contributed by atoms with Gasteiger partial charge in [-0.1, -0.05) is 56.0 Å². The Balaban J connectivity index is 0.000000252. The summed E-state index contributed by atoms with van der Waals surface area (Å²) in [5.41, 5.74) is -0.0905. The molecule has 6 rings (SSSR count). The van der Waals surface area contributed by atoms with Gasteiger partial charge >= 0.3 is 17.4 Å². The van der Waals surface area contributed by atoms with Gasteiger partial charge in [0.1, 0.15) is 15.8 Å². The van der Waals surface area contributed by atoms with Crippen LogP contribution in [0.5, 0.6) is 0 Å². The smallest absolute Gasteiger partial charge is 0.859 e. The summed E-state index contributed by atoms with van der Waals surface area (Å²) in [4.78, 5) is 50.7. The summed E-state index contributed by atoms with van der Waals surface area (Å²) in [6.07, 6.45) is 1.10. The van der Waals surface area contributed by atoms with Gasteiger partial charge in [-0.3, -0.25) is 19.7 Å². The number of aliphatic imine (C=N–C) groups is 1. The first kappa shape index (κ1) is 43.4. The Morgan fingerprint density at radius 3 is 1.95 bits per heavy atom. The Morgan fingerprint density at radius 1 is 0.741 bits per heavy atom. The molecule has 0 fully saturated rings. The molecule has 0 saturated heterocycles. The molecule has 6 aromatic rings. The van der Waals surface area contributed by atoms with E-state index in [1.54, 1.807) is 67.6 Å². The van der Waals surface area contributed by atoms with Gasteiger partial charge in [0.05, 0.1) is 45.3 Å². The summed E-state index contributed by atoms with van der Waals surface area (Å²) in [7, 11) is -4.84. The van der Waals surface area contributed by atoms with Crippen molar-refractivity contribution in [2.24, 2.45) is 25.4 Å². The first-order valence-electron chi connectivity index (χ1n) is 16.2. The normalized spacial score (nSPS) is 11.5. The third-order valence-corrected chi connectivity index (χ3v) is 8.50. The molecule has 58 heavy (non-hydrogen) atoms. The molecular weight excluding hydrogens is 815 g/mol. The molecule has 4 aromatic carbocycles. The summed E-state index contributed by atoms with van der Waals surface area (Å²) < 4.78 is 35.8. The Kier molecular flexibility index (Phi) is 13.9. The number of aryl methyl sites for hydroxylation is 2. The summed E-state index contributed by atoms with van der Waals surface area (Å²) in [5, 5.41) is 55.8. The van der Waals surface area contributed by atoms with E-state index in [1.165, 1.54) is 29.8 Å². The number of nitrogens with one attached hydrogen (secondary N) is 1. The zero-order chi connectivity index (χ0) is 41.4. The number of carbonyl (C=O) groups excluding carboxylic acids is 2. The fourth-order valence-electron chi connectivity index (χ4n) is 4.91. The molecule has 0 aliphatic heterocycles. The molecule has 0 saturated carbocycles. The minimum atomic E-state index is -4.84. The van der Waals surface area contributed by atoms with Gasteiger partial charge in [-0.2, -0.15) is 0 Å². The van der Waals surface area contributed by atoms with E-state index in [4.69, 9.17) is 0 Å². The molecule has 1 radical (unpaired) electrons. The monoisotopic (exact) mass is 840 g/mol. The van der Waals surface area contributed by atoms with Gasteiger partial charge in [-0.05, 0) is 73.5 Å². The van der Waals surface area contributed by atoms with Crippen LogP contribution >= 0.6 is 0 Å². The van der Waals surface area contributed by atoms with E-state index in [0.717, 1.165) is 29.0 Å². The Morgan fingerprint density at radius 2 is 1.33 bits per heavy atom. The van der Waals surface area contributed by atoms with E-state index in [0.29, 0.717) is 22.8 Å². The molecule has 0 aliphatic rings. The van der Waals surface area contributed by atoms with Crippen LogP contribution in [-0.4, -0.2) is 45.3 Å². The molecule has 0 atom stereocenters. The molecule has 0 spiro atoms. The second-order valence-corrected chi connectivity index (χ2v) is 12.9. The maximum absolute atomic E-state index is 12.7. The number of carboxylic acid groups (broad SMARTS) is 2. The minimum absolute atomic E-state index is 0. The van der Waals surface area contributed by atoms with Crippen LogP contribution in [0.15, 0.2) is 150 Å². The van der Waals surface area contributed by atoms with Crippen molar-refractivity contribution >= 4 is 56.4 Å². The number of benzene rings is 4. The molecule has 2 heterocycles. The topological polar surface area (TPSA) is 296 Å². The SMILES string of the molecule is C=CC([O-])=Nc1ccc(-n2[nH]c(C)c(N=Nc3ccccc3C(=O)[O-])c2=O)cc1.Cc1[n-]n(-c2ccccc2)c(=O)c1N=Nc1cc(S(=O)(=O)[O-])ccc1C(=O)[O-].[Cr+3]. The van der Waals surface area contributed by atoms with E-state index in [1.807, 2.05) is 0 Å². The maximum atomic E-state index is 12.7. The number of hydrogen-bond acceptors (Lipinski definition) is 15.